The van der Waals surface area contributed by atoms with E-state index in [2.05, 4.69) is 20.8 Å². The van der Waals surface area contributed by atoms with Gasteiger partial charge in [-0.05, 0) is 56.3 Å². The summed E-state index contributed by atoms with van der Waals surface area (Å²) in [6.45, 7) is 9.85. The molecule has 3 rings (SSSR count). The molecule has 3 saturated carbocycles. The lowest BCUT2D eigenvalue weighted by Gasteiger charge is -2.39. The predicted octanol–water partition coefficient (Wildman–Crippen LogP) is 3.95. The maximum absolute atomic E-state index is 12.2. The van der Waals surface area contributed by atoms with E-state index >= 15 is 0 Å². The predicted molar refractivity (Wildman–Crippen MR) is 81.9 cm³/mol. The van der Waals surface area contributed by atoms with Gasteiger partial charge in [-0.2, -0.15) is 0 Å². The first kappa shape index (κ1) is 15.3. The highest BCUT2D eigenvalue weighted by molar-refractivity contribution is 5.70. The van der Waals surface area contributed by atoms with Crippen molar-refractivity contribution in [1.29, 1.82) is 0 Å². The van der Waals surface area contributed by atoms with Gasteiger partial charge in [0, 0.05) is 18.4 Å². The van der Waals surface area contributed by atoms with Gasteiger partial charge in [-0.25, -0.2) is 0 Å². The van der Waals surface area contributed by atoms with E-state index in [0.29, 0.717) is 23.9 Å². The van der Waals surface area contributed by atoms with E-state index in [9.17, 15) is 4.79 Å². The van der Waals surface area contributed by atoms with Crippen LogP contribution in [0.1, 0.15) is 66.2 Å². The molecule has 3 heteroatoms. The number of carbonyl (C=O) groups is 1. The third kappa shape index (κ3) is 2.42. The molecule has 0 aromatic rings. The number of esters is 1. The zero-order chi connectivity index (χ0) is 15.3. The van der Waals surface area contributed by atoms with Crippen LogP contribution in [0.15, 0.2) is 0 Å². The molecule has 3 unspecified atom stereocenters. The minimum atomic E-state index is 0.0181. The average Bonchev–Trinajstić information content (AvgIpc) is 2.69. The molecule has 0 saturated heterocycles. The summed E-state index contributed by atoms with van der Waals surface area (Å²) >= 11 is 0. The first-order valence-corrected chi connectivity index (χ1v) is 8.68. The summed E-state index contributed by atoms with van der Waals surface area (Å²) in [7, 11) is 0. The Bertz CT molecular complexity index is 411. The van der Waals surface area contributed by atoms with Crippen LogP contribution in [0.4, 0.5) is 0 Å². The molecule has 0 heterocycles. The molecule has 3 aliphatic rings. The Labute approximate surface area is 128 Å². The second-order valence-electron chi connectivity index (χ2n) is 8.21. The quantitative estimate of drug-likeness (QED) is 0.720. The van der Waals surface area contributed by atoms with Crippen LogP contribution in [0, 0.1) is 22.7 Å². The molecule has 0 amide bonds. The van der Waals surface area contributed by atoms with Gasteiger partial charge in [0.15, 0.2) is 0 Å². The topological polar surface area (TPSA) is 35.5 Å². The molecule has 0 N–H and O–H groups in total. The van der Waals surface area contributed by atoms with E-state index in [1.807, 2.05) is 6.92 Å². The second kappa shape index (κ2) is 5.26. The summed E-state index contributed by atoms with van der Waals surface area (Å²) in [6.07, 6.45) is 6.74. The fraction of sp³-hybridized carbons (Fsp3) is 0.944. The highest BCUT2D eigenvalue weighted by atomic mass is 16.5. The number of hydrogen-bond donors (Lipinski definition) is 0. The van der Waals surface area contributed by atoms with E-state index in [-0.39, 0.29) is 17.5 Å². The van der Waals surface area contributed by atoms with Crippen LogP contribution in [0.5, 0.6) is 0 Å². The van der Waals surface area contributed by atoms with Crippen LogP contribution >= 0.6 is 0 Å². The van der Waals surface area contributed by atoms with Crippen molar-refractivity contribution in [2.75, 3.05) is 6.61 Å². The Morgan fingerprint density at radius 2 is 1.90 bits per heavy atom. The van der Waals surface area contributed by atoms with Gasteiger partial charge < -0.3 is 9.47 Å². The number of fused-ring (bicyclic) bond motifs is 2. The van der Waals surface area contributed by atoms with Crippen LogP contribution in [-0.4, -0.2) is 24.8 Å². The lowest BCUT2D eigenvalue weighted by molar-refractivity contribution is -0.160. The summed E-state index contributed by atoms with van der Waals surface area (Å²) in [6, 6.07) is 0. The van der Waals surface area contributed by atoms with Gasteiger partial charge in [0.25, 0.3) is 0 Å². The molecule has 2 bridgehead atoms. The monoisotopic (exact) mass is 294 g/mol. The van der Waals surface area contributed by atoms with Gasteiger partial charge in [0.05, 0.1) is 6.10 Å². The molecule has 120 valence electrons. The van der Waals surface area contributed by atoms with Crippen molar-refractivity contribution in [1.82, 2.24) is 0 Å². The summed E-state index contributed by atoms with van der Waals surface area (Å²) in [5, 5.41) is 0. The first-order chi connectivity index (χ1) is 9.86. The SMILES string of the molecule is CCOC1CC(CC(=O)OC2CC3CCC2(C)C3(C)C)C1. The standard InChI is InChI=1S/C18H30O3/c1-5-20-14-8-12(9-14)10-16(19)21-15-11-13-6-7-18(15,4)17(13,2)3/h12-15H,5-11H2,1-4H3. The van der Waals surface area contributed by atoms with Crippen molar-refractivity contribution in [3.63, 3.8) is 0 Å². The van der Waals surface area contributed by atoms with E-state index in [4.69, 9.17) is 9.47 Å². The fourth-order valence-electron chi connectivity index (χ4n) is 4.96. The Hall–Kier alpha value is -0.570. The molecule has 3 nitrogen and oxygen atoms in total. The Kier molecular flexibility index (Phi) is 3.84. The van der Waals surface area contributed by atoms with Crippen molar-refractivity contribution < 1.29 is 14.3 Å². The molecule has 3 aliphatic carbocycles. The van der Waals surface area contributed by atoms with E-state index in [1.54, 1.807) is 0 Å². The Balaban J connectivity index is 1.49. The average molecular weight is 294 g/mol. The Morgan fingerprint density at radius 3 is 2.43 bits per heavy atom. The molecule has 0 aliphatic heterocycles. The van der Waals surface area contributed by atoms with Crippen molar-refractivity contribution in [2.24, 2.45) is 22.7 Å². The van der Waals surface area contributed by atoms with Gasteiger partial charge in [-0.15, -0.1) is 0 Å². The summed E-state index contributed by atoms with van der Waals surface area (Å²) in [5.74, 6) is 1.23. The molecule has 0 aromatic heterocycles. The third-order valence-corrected chi connectivity index (χ3v) is 7.04. The molecule has 3 fully saturated rings. The highest BCUT2D eigenvalue weighted by Crippen LogP contribution is 2.66. The highest BCUT2D eigenvalue weighted by Gasteiger charge is 2.62. The zero-order valence-corrected chi connectivity index (χ0v) is 14.0. The molecule has 0 spiro atoms. The van der Waals surface area contributed by atoms with Crippen LogP contribution in [0.3, 0.4) is 0 Å². The molecule has 21 heavy (non-hydrogen) atoms. The van der Waals surface area contributed by atoms with Crippen LogP contribution in [0.2, 0.25) is 0 Å². The first-order valence-electron chi connectivity index (χ1n) is 8.68. The number of carbonyl (C=O) groups excluding carboxylic acids is 1. The van der Waals surface area contributed by atoms with Crippen LogP contribution < -0.4 is 0 Å². The molecular weight excluding hydrogens is 264 g/mol. The third-order valence-electron chi connectivity index (χ3n) is 7.04. The lowest BCUT2D eigenvalue weighted by Crippen LogP contribution is -2.39. The summed E-state index contributed by atoms with van der Waals surface area (Å²) in [5.41, 5.74) is 0.495. The van der Waals surface area contributed by atoms with E-state index in [1.165, 1.54) is 12.8 Å². The van der Waals surface area contributed by atoms with Crippen molar-refractivity contribution in [2.45, 2.75) is 78.4 Å². The number of hydrogen-bond acceptors (Lipinski definition) is 3. The smallest absolute Gasteiger partial charge is 0.306 e. The largest absolute Gasteiger partial charge is 0.462 e. The van der Waals surface area contributed by atoms with Crippen molar-refractivity contribution in [3.05, 3.63) is 0 Å². The van der Waals surface area contributed by atoms with E-state index in [0.717, 1.165) is 31.8 Å². The minimum absolute atomic E-state index is 0.0181. The minimum Gasteiger partial charge on any atom is -0.462 e. The fourth-order valence-corrected chi connectivity index (χ4v) is 4.96. The maximum atomic E-state index is 12.2. The van der Waals surface area contributed by atoms with Gasteiger partial charge in [0.2, 0.25) is 0 Å². The van der Waals surface area contributed by atoms with E-state index < -0.39 is 0 Å². The van der Waals surface area contributed by atoms with Crippen LogP contribution in [-0.2, 0) is 14.3 Å². The van der Waals surface area contributed by atoms with Gasteiger partial charge in [0.1, 0.15) is 6.10 Å². The molecular formula is C18H30O3. The van der Waals surface area contributed by atoms with Crippen molar-refractivity contribution >= 4 is 5.97 Å². The summed E-state index contributed by atoms with van der Waals surface area (Å²) < 4.78 is 11.5. The van der Waals surface area contributed by atoms with Gasteiger partial charge >= 0.3 is 5.97 Å². The maximum Gasteiger partial charge on any atom is 0.306 e. The van der Waals surface area contributed by atoms with Crippen LogP contribution in [0.25, 0.3) is 0 Å². The van der Waals surface area contributed by atoms with Crippen molar-refractivity contribution in [3.8, 4) is 0 Å². The number of ether oxygens (including phenoxy) is 2. The Morgan fingerprint density at radius 1 is 1.19 bits per heavy atom. The normalized spacial score (nSPS) is 43.6. The molecule has 0 radical (unpaired) electrons. The number of rotatable bonds is 5. The second-order valence-corrected chi connectivity index (χ2v) is 8.21. The molecule has 3 atom stereocenters. The van der Waals surface area contributed by atoms with Gasteiger partial charge in [-0.1, -0.05) is 20.8 Å². The lowest BCUT2D eigenvalue weighted by atomic mass is 9.70. The zero-order valence-electron chi connectivity index (χ0n) is 14.0. The van der Waals surface area contributed by atoms with Gasteiger partial charge in [-0.3, -0.25) is 4.79 Å². The molecule has 0 aromatic carbocycles. The summed E-state index contributed by atoms with van der Waals surface area (Å²) in [4.78, 5) is 12.2.